The van der Waals surface area contributed by atoms with E-state index in [9.17, 15) is 18.0 Å². The highest BCUT2D eigenvalue weighted by Crippen LogP contribution is 2.35. The van der Waals surface area contributed by atoms with Crippen molar-refractivity contribution in [1.82, 2.24) is 9.97 Å². The van der Waals surface area contributed by atoms with Gasteiger partial charge >= 0.3 is 5.97 Å². The molecule has 3 N–H and O–H groups in total. The molecular formula is C21H17N3O6S. The number of carbonyl (C=O) groups is 1. The van der Waals surface area contributed by atoms with Crippen molar-refractivity contribution in [2.24, 2.45) is 0 Å². The van der Waals surface area contributed by atoms with Crippen molar-refractivity contribution in [2.75, 3.05) is 11.0 Å². The highest BCUT2D eigenvalue weighted by Gasteiger charge is 2.17. The number of pyridine rings is 1. The van der Waals surface area contributed by atoms with E-state index in [1.807, 2.05) is 6.07 Å². The minimum Gasteiger partial charge on any atom is -0.453 e. The van der Waals surface area contributed by atoms with Gasteiger partial charge < -0.3 is 19.4 Å². The second kappa shape index (κ2) is 8.00. The van der Waals surface area contributed by atoms with Crippen LogP contribution in [0.25, 0.3) is 10.8 Å². The summed E-state index contributed by atoms with van der Waals surface area (Å²) in [5.41, 5.74) is -0.330. The maximum Gasteiger partial charge on any atom is 0.360 e. The molecule has 4 rings (SSSR count). The lowest BCUT2D eigenvalue weighted by Gasteiger charge is -2.13. The molecule has 0 saturated carbocycles. The van der Waals surface area contributed by atoms with Crippen LogP contribution in [0, 0.1) is 0 Å². The molecule has 0 bridgehead atoms. The largest absolute Gasteiger partial charge is 0.453 e. The van der Waals surface area contributed by atoms with Gasteiger partial charge in [-0.25, -0.2) is 13.2 Å². The van der Waals surface area contributed by atoms with E-state index < -0.39 is 21.6 Å². The number of ether oxygens (including phenoxy) is 2. The van der Waals surface area contributed by atoms with Crippen LogP contribution >= 0.6 is 0 Å². The molecule has 158 valence electrons. The van der Waals surface area contributed by atoms with Gasteiger partial charge in [-0.2, -0.15) is 0 Å². The number of anilines is 1. The van der Waals surface area contributed by atoms with Crippen molar-refractivity contribution in [3.05, 3.63) is 83.0 Å². The van der Waals surface area contributed by atoms with Gasteiger partial charge in [0.05, 0.1) is 17.3 Å². The summed E-state index contributed by atoms with van der Waals surface area (Å²) in [4.78, 5) is 30.2. The third-order valence-corrected chi connectivity index (χ3v) is 4.82. The van der Waals surface area contributed by atoms with Crippen LogP contribution in [0.4, 0.5) is 5.69 Å². The standard InChI is InChI=1S/C21H17N3O6S/c1-31(27,28)24-14-7-8-18(29-15-5-3-2-4-6-15)19(10-14)30-21(26)17-9-13-11-22-12-16(13)20(25)23-17/h2-12,22,24H,1H3,(H,23,25). The highest BCUT2D eigenvalue weighted by molar-refractivity contribution is 7.92. The summed E-state index contributed by atoms with van der Waals surface area (Å²) >= 11 is 0. The molecule has 31 heavy (non-hydrogen) atoms. The number of fused-ring (bicyclic) bond motifs is 1. The van der Waals surface area contributed by atoms with Crippen LogP contribution in [0.15, 0.2) is 71.8 Å². The number of carbonyl (C=O) groups excluding carboxylic acids is 1. The molecule has 0 aliphatic heterocycles. The molecule has 10 heteroatoms. The van der Waals surface area contributed by atoms with Crippen molar-refractivity contribution >= 4 is 32.5 Å². The Morgan fingerprint density at radius 2 is 1.77 bits per heavy atom. The fourth-order valence-electron chi connectivity index (χ4n) is 2.90. The summed E-state index contributed by atoms with van der Waals surface area (Å²) in [6.07, 6.45) is 4.11. The fraction of sp³-hybridized carbons (Fsp3) is 0.0476. The zero-order valence-electron chi connectivity index (χ0n) is 16.2. The highest BCUT2D eigenvalue weighted by atomic mass is 32.2. The van der Waals surface area contributed by atoms with Gasteiger partial charge in [0.25, 0.3) is 5.56 Å². The maximum absolute atomic E-state index is 12.7. The first kappa shape index (κ1) is 20.2. The molecule has 4 aromatic rings. The van der Waals surface area contributed by atoms with Crippen LogP contribution in [0.5, 0.6) is 17.2 Å². The summed E-state index contributed by atoms with van der Waals surface area (Å²) in [5.74, 6) is -0.193. The first-order valence-electron chi connectivity index (χ1n) is 9.05. The van der Waals surface area contributed by atoms with Crippen LogP contribution in [-0.2, 0) is 10.0 Å². The minimum atomic E-state index is -3.55. The van der Waals surface area contributed by atoms with Crippen molar-refractivity contribution in [3.8, 4) is 17.2 Å². The van der Waals surface area contributed by atoms with E-state index in [4.69, 9.17) is 9.47 Å². The number of sulfonamides is 1. The van der Waals surface area contributed by atoms with Gasteiger partial charge in [-0.15, -0.1) is 0 Å². The number of hydrogen-bond donors (Lipinski definition) is 3. The molecule has 0 aliphatic rings. The number of rotatable bonds is 6. The second-order valence-electron chi connectivity index (χ2n) is 6.68. The van der Waals surface area contributed by atoms with E-state index >= 15 is 0 Å². The number of aromatic nitrogens is 2. The third kappa shape index (κ3) is 4.75. The molecule has 2 aromatic carbocycles. The summed E-state index contributed by atoms with van der Waals surface area (Å²) in [6, 6.07) is 14.5. The molecule has 0 aliphatic carbocycles. The Hall–Kier alpha value is -4.05. The second-order valence-corrected chi connectivity index (χ2v) is 8.43. The van der Waals surface area contributed by atoms with Gasteiger partial charge in [-0.3, -0.25) is 9.52 Å². The summed E-state index contributed by atoms with van der Waals surface area (Å²) < 4.78 is 36.7. The van der Waals surface area contributed by atoms with E-state index in [2.05, 4.69) is 14.7 Å². The average molecular weight is 439 g/mol. The molecule has 0 unspecified atom stereocenters. The fourth-order valence-corrected chi connectivity index (χ4v) is 3.46. The van der Waals surface area contributed by atoms with Crippen molar-refractivity contribution < 1.29 is 22.7 Å². The Balaban J connectivity index is 1.69. The van der Waals surface area contributed by atoms with Gasteiger partial charge in [0.2, 0.25) is 10.0 Å². The Morgan fingerprint density at radius 1 is 1.00 bits per heavy atom. The molecular weight excluding hydrogens is 422 g/mol. The van der Waals surface area contributed by atoms with E-state index in [0.717, 1.165) is 6.26 Å². The van der Waals surface area contributed by atoms with Crippen molar-refractivity contribution in [3.63, 3.8) is 0 Å². The van der Waals surface area contributed by atoms with E-state index in [1.54, 1.807) is 30.5 Å². The SMILES string of the molecule is CS(=O)(=O)Nc1ccc(Oc2ccccc2)c(OC(=O)c2cc3c[nH]cc3c(=O)[nH]2)c1. The van der Waals surface area contributed by atoms with Crippen LogP contribution in [0.2, 0.25) is 0 Å². The van der Waals surface area contributed by atoms with Crippen LogP contribution in [-0.4, -0.2) is 30.6 Å². The number of H-pyrrole nitrogens is 2. The molecule has 2 heterocycles. The molecule has 0 spiro atoms. The lowest BCUT2D eigenvalue weighted by molar-refractivity contribution is 0.0724. The predicted octanol–water partition coefficient (Wildman–Crippen LogP) is 3.24. The lowest BCUT2D eigenvalue weighted by Crippen LogP contribution is -2.17. The number of aromatic amines is 2. The van der Waals surface area contributed by atoms with Crippen LogP contribution < -0.4 is 19.8 Å². The molecule has 0 radical (unpaired) electrons. The first-order chi connectivity index (χ1) is 14.8. The number of esters is 1. The van der Waals surface area contributed by atoms with Crippen molar-refractivity contribution in [1.29, 1.82) is 0 Å². The van der Waals surface area contributed by atoms with Gasteiger partial charge in [-0.05, 0) is 30.3 Å². The molecule has 2 aromatic heterocycles. The van der Waals surface area contributed by atoms with Gasteiger partial charge in [-0.1, -0.05) is 18.2 Å². The van der Waals surface area contributed by atoms with Crippen LogP contribution in [0.1, 0.15) is 10.5 Å². The van der Waals surface area contributed by atoms with Crippen molar-refractivity contribution in [2.45, 2.75) is 0 Å². The summed E-state index contributed by atoms with van der Waals surface area (Å²) in [7, 11) is -3.55. The zero-order valence-corrected chi connectivity index (χ0v) is 17.0. The van der Waals surface area contributed by atoms with E-state index in [-0.39, 0.29) is 22.9 Å². The predicted molar refractivity (Wildman–Crippen MR) is 115 cm³/mol. The van der Waals surface area contributed by atoms with E-state index in [1.165, 1.54) is 30.5 Å². The van der Waals surface area contributed by atoms with Gasteiger partial charge in [0.15, 0.2) is 11.5 Å². The van der Waals surface area contributed by atoms with E-state index in [0.29, 0.717) is 16.5 Å². The molecule has 0 saturated heterocycles. The maximum atomic E-state index is 12.7. The Bertz CT molecular complexity index is 1420. The first-order valence-corrected chi connectivity index (χ1v) is 10.9. The lowest BCUT2D eigenvalue weighted by atomic mass is 10.2. The van der Waals surface area contributed by atoms with Crippen LogP contribution in [0.3, 0.4) is 0 Å². The topological polar surface area (TPSA) is 130 Å². The Kier molecular flexibility index (Phi) is 5.22. The number of nitrogens with one attached hydrogen (secondary N) is 3. The quantitative estimate of drug-likeness (QED) is 0.312. The zero-order chi connectivity index (χ0) is 22.0. The summed E-state index contributed by atoms with van der Waals surface area (Å²) in [5, 5.41) is 0.952. The van der Waals surface area contributed by atoms with Gasteiger partial charge in [0.1, 0.15) is 11.4 Å². The minimum absolute atomic E-state index is 0.0301. The number of benzene rings is 2. The monoisotopic (exact) mass is 439 g/mol. The number of para-hydroxylation sites is 1. The number of hydrogen-bond acceptors (Lipinski definition) is 6. The Morgan fingerprint density at radius 3 is 2.52 bits per heavy atom. The summed E-state index contributed by atoms with van der Waals surface area (Å²) in [6.45, 7) is 0. The smallest absolute Gasteiger partial charge is 0.360 e. The van der Waals surface area contributed by atoms with Gasteiger partial charge in [0, 0.05) is 23.8 Å². The molecule has 0 atom stereocenters. The molecule has 0 amide bonds. The average Bonchev–Trinajstić information content (AvgIpc) is 3.19. The normalized spacial score (nSPS) is 11.3. The molecule has 9 nitrogen and oxygen atoms in total. The third-order valence-electron chi connectivity index (χ3n) is 4.21. The molecule has 0 fully saturated rings. The Labute approximate surface area is 176 Å².